The van der Waals surface area contributed by atoms with E-state index in [0.717, 1.165) is 25.6 Å². The van der Waals surface area contributed by atoms with Crippen LogP contribution in [0.4, 0.5) is 0 Å². The summed E-state index contributed by atoms with van der Waals surface area (Å²) in [5.41, 5.74) is 3.33. The third-order valence-electron chi connectivity index (χ3n) is 5.23. The number of ether oxygens (including phenoxy) is 4. The third-order valence-corrected chi connectivity index (χ3v) is 6.41. The molecular weight excluding hydrogens is 594 g/mol. The molecule has 36 heavy (non-hydrogen) atoms. The molecule has 0 aromatic heterocycles. The molecule has 0 aliphatic rings. The third kappa shape index (κ3) is 7.73. The fraction of sp³-hybridized carbons (Fsp3) is 0.259. The largest absolute Gasteiger partial charge is 0.493 e. The van der Waals surface area contributed by atoms with Gasteiger partial charge in [-0.1, -0.05) is 18.2 Å². The van der Waals surface area contributed by atoms with Crippen LogP contribution in [0.1, 0.15) is 27.0 Å². The molecule has 0 aliphatic carbocycles. The van der Waals surface area contributed by atoms with Crippen LogP contribution >= 0.6 is 31.9 Å². The number of benzene rings is 3. The maximum Gasteiger partial charge on any atom is 0.338 e. The average molecular weight is 621 g/mol. The molecule has 0 unspecified atom stereocenters. The Hall–Kier alpha value is -3.04. The first kappa shape index (κ1) is 27.5. The zero-order valence-corrected chi connectivity index (χ0v) is 23.4. The van der Waals surface area contributed by atoms with Gasteiger partial charge in [0.15, 0.2) is 18.1 Å². The van der Waals surface area contributed by atoms with Crippen molar-refractivity contribution in [1.82, 2.24) is 5.32 Å². The fourth-order valence-electron chi connectivity index (χ4n) is 3.36. The van der Waals surface area contributed by atoms with Gasteiger partial charge >= 0.3 is 5.97 Å². The van der Waals surface area contributed by atoms with Crippen molar-refractivity contribution in [1.29, 1.82) is 0 Å². The van der Waals surface area contributed by atoms with Gasteiger partial charge in [-0.25, -0.2) is 4.79 Å². The average Bonchev–Trinajstić information content (AvgIpc) is 2.86. The summed E-state index contributed by atoms with van der Waals surface area (Å²) < 4.78 is 23.3. The maximum absolute atomic E-state index is 12.3. The summed E-state index contributed by atoms with van der Waals surface area (Å²) in [6, 6.07) is 16.4. The second-order valence-electron chi connectivity index (χ2n) is 7.91. The fourth-order valence-corrected chi connectivity index (χ4v) is 5.01. The van der Waals surface area contributed by atoms with E-state index in [1.165, 1.54) is 0 Å². The summed E-state index contributed by atoms with van der Waals surface area (Å²) in [4.78, 5) is 24.4. The molecule has 9 heteroatoms. The highest BCUT2D eigenvalue weighted by Gasteiger charge is 2.12. The summed E-state index contributed by atoms with van der Waals surface area (Å²) in [6.45, 7) is 2.37. The molecule has 0 fully saturated rings. The van der Waals surface area contributed by atoms with E-state index in [1.807, 2.05) is 37.3 Å². The Balaban J connectivity index is 1.42. The zero-order chi connectivity index (χ0) is 26.1. The van der Waals surface area contributed by atoms with Gasteiger partial charge in [0.2, 0.25) is 0 Å². The molecule has 0 heterocycles. The van der Waals surface area contributed by atoms with Crippen molar-refractivity contribution in [3.63, 3.8) is 0 Å². The van der Waals surface area contributed by atoms with Crippen molar-refractivity contribution < 1.29 is 28.5 Å². The second-order valence-corrected chi connectivity index (χ2v) is 9.62. The number of carbonyl (C=O) groups excluding carboxylic acids is 2. The molecule has 3 rings (SSSR count). The zero-order valence-electron chi connectivity index (χ0n) is 20.2. The minimum absolute atomic E-state index is 0.331. The van der Waals surface area contributed by atoms with E-state index in [0.29, 0.717) is 42.4 Å². The molecule has 190 valence electrons. The van der Waals surface area contributed by atoms with Crippen LogP contribution in [0, 0.1) is 6.92 Å². The van der Waals surface area contributed by atoms with Crippen molar-refractivity contribution in [2.45, 2.75) is 20.0 Å². The van der Waals surface area contributed by atoms with Crippen LogP contribution < -0.4 is 19.5 Å². The van der Waals surface area contributed by atoms with E-state index in [9.17, 15) is 9.59 Å². The van der Waals surface area contributed by atoms with Gasteiger partial charge in [-0.05, 0) is 98.3 Å². The van der Waals surface area contributed by atoms with Gasteiger partial charge in [-0.3, -0.25) is 4.79 Å². The topological polar surface area (TPSA) is 83.1 Å². The number of methoxy groups -OCH3 is 2. The standard InChI is InChI=1S/C27H27Br2NO6/c1-17-12-21(28)26(22(29)13-17)35-15-19-4-7-20(8-5-19)27(32)36-16-25(31)30-11-10-18-6-9-23(33-2)24(14-18)34-3/h4-9,12-14H,10-11,15-16H2,1-3H3,(H,30,31). The van der Waals surface area contributed by atoms with Gasteiger partial charge in [-0.2, -0.15) is 0 Å². The second kappa shape index (κ2) is 13.3. The molecule has 7 nitrogen and oxygen atoms in total. The SMILES string of the molecule is COc1ccc(CCNC(=O)COC(=O)c2ccc(COc3c(Br)cc(C)cc3Br)cc2)cc1OC. The first-order valence-electron chi connectivity index (χ1n) is 11.1. The number of halogens is 2. The molecule has 0 saturated heterocycles. The minimum atomic E-state index is -0.568. The smallest absolute Gasteiger partial charge is 0.338 e. The van der Waals surface area contributed by atoms with Gasteiger partial charge in [-0.15, -0.1) is 0 Å². The van der Waals surface area contributed by atoms with E-state index in [4.69, 9.17) is 18.9 Å². The lowest BCUT2D eigenvalue weighted by Crippen LogP contribution is -2.30. The van der Waals surface area contributed by atoms with Crippen LogP contribution in [0.5, 0.6) is 17.2 Å². The monoisotopic (exact) mass is 619 g/mol. The summed E-state index contributed by atoms with van der Waals surface area (Å²) in [6.07, 6.45) is 0.597. The van der Waals surface area contributed by atoms with Gasteiger partial charge in [0, 0.05) is 6.54 Å². The van der Waals surface area contributed by atoms with Gasteiger partial charge in [0.1, 0.15) is 12.4 Å². The number of aryl methyl sites for hydroxylation is 1. The first-order chi connectivity index (χ1) is 17.3. The van der Waals surface area contributed by atoms with Gasteiger partial charge in [0.05, 0.1) is 28.7 Å². The van der Waals surface area contributed by atoms with Crippen molar-refractivity contribution >= 4 is 43.7 Å². The Morgan fingerprint density at radius 2 is 1.50 bits per heavy atom. The molecule has 0 aliphatic heterocycles. The number of carbonyl (C=O) groups is 2. The van der Waals surface area contributed by atoms with Crippen LogP contribution in [0.25, 0.3) is 0 Å². The van der Waals surface area contributed by atoms with Crippen LogP contribution in [0.2, 0.25) is 0 Å². The first-order valence-corrected chi connectivity index (χ1v) is 12.7. The number of nitrogens with one attached hydrogen (secondary N) is 1. The molecule has 0 radical (unpaired) electrons. The number of esters is 1. The molecule has 0 atom stereocenters. The van der Waals surface area contributed by atoms with E-state index >= 15 is 0 Å². The van der Waals surface area contributed by atoms with Crippen LogP contribution in [0.15, 0.2) is 63.5 Å². The predicted molar refractivity (Wildman–Crippen MR) is 144 cm³/mol. The highest BCUT2D eigenvalue weighted by atomic mass is 79.9. The van der Waals surface area contributed by atoms with Gasteiger partial charge in [0.25, 0.3) is 5.91 Å². The molecule has 0 saturated carbocycles. The highest BCUT2D eigenvalue weighted by molar-refractivity contribution is 9.11. The number of rotatable bonds is 11. The van der Waals surface area contributed by atoms with Crippen molar-refractivity contribution in [2.75, 3.05) is 27.4 Å². The Kier molecular flexibility index (Phi) is 10.2. The lowest BCUT2D eigenvalue weighted by Gasteiger charge is -2.12. The number of hydrogen-bond donors (Lipinski definition) is 1. The maximum atomic E-state index is 12.3. The van der Waals surface area contributed by atoms with Crippen molar-refractivity contribution in [2.24, 2.45) is 0 Å². The Bertz CT molecular complexity index is 1190. The summed E-state index contributed by atoms with van der Waals surface area (Å²) >= 11 is 7.02. The minimum Gasteiger partial charge on any atom is -0.493 e. The molecule has 3 aromatic rings. The molecular formula is C27H27Br2NO6. The van der Waals surface area contributed by atoms with E-state index in [1.54, 1.807) is 38.5 Å². The lowest BCUT2D eigenvalue weighted by molar-refractivity contribution is -0.124. The molecule has 3 aromatic carbocycles. The van der Waals surface area contributed by atoms with E-state index in [-0.39, 0.29) is 12.5 Å². The summed E-state index contributed by atoms with van der Waals surface area (Å²) in [5, 5.41) is 2.75. The Morgan fingerprint density at radius 3 is 2.14 bits per heavy atom. The van der Waals surface area contributed by atoms with Crippen molar-refractivity contribution in [3.8, 4) is 17.2 Å². The van der Waals surface area contributed by atoms with Crippen LogP contribution in [-0.2, 0) is 22.6 Å². The van der Waals surface area contributed by atoms with E-state index in [2.05, 4.69) is 37.2 Å². The molecule has 1 amide bonds. The van der Waals surface area contributed by atoms with Crippen LogP contribution in [0.3, 0.4) is 0 Å². The normalized spacial score (nSPS) is 10.5. The van der Waals surface area contributed by atoms with Gasteiger partial charge < -0.3 is 24.3 Å². The Labute approximate surface area is 227 Å². The predicted octanol–water partition coefficient (Wildman–Crippen LogP) is 5.63. The lowest BCUT2D eigenvalue weighted by atomic mass is 10.1. The van der Waals surface area contributed by atoms with Crippen molar-refractivity contribution in [3.05, 3.63) is 85.8 Å². The van der Waals surface area contributed by atoms with E-state index < -0.39 is 5.97 Å². The van der Waals surface area contributed by atoms with Crippen LogP contribution in [-0.4, -0.2) is 39.2 Å². The number of amides is 1. The highest BCUT2D eigenvalue weighted by Crippen LogP contribution is 2.35. The summed E-state index contributed by atoms with van der Waals surface area (Å²) in [7, 11) is 3.15. The quantitative estimate of drug-likeness (QED) is 0.280. The number of hydrogen-bond acceptors (Lipinski definition) is 6. The molecule has 1 N–H and O–H groups in total. The molecule has 0 spiro atoms. The Morgan fingerprint density at radius 1 is 0.861 bits per heavy atom. The summed E-state index contributed by atoms with van der Waals surface area (Å²) in [5.74, 6) is 1.04. The molecule has 0 bridgehead atoms.